The summed E-state index contributed by atoms with van der Waals surface area (Å²) in [5.41, 5.74) is 1.52. The van der Waals surface area contributed by atoms with Crippen molar-refractivity contribution < 1.29 is 14.4 Å². The van der Waals surface area contributed by atoms with Gasteiger partial charge in [-0.2, -0.15) is 0 Å². The number of rotatable bonds is 7. The van der Waals surface area contributed by atoms with Crippen molar-refractivity contribution in [1.82, 2.24) is 5.32 Å². The highest BCUT2D eigenvalue weighted by molar-refractivity contribution is 7.99. The van der Waals surface area contributed by atoms with Gasteiger partial charge in [-0.3, -0.25) is 4.79 Å². The molecule has 2 N–H and O–H groups in total. The molecule has 2 aliphatic rings. The van der Waals surface area contributed by atoms with E-state index in [1.165, 1.54) is 37.7 Å². The maximum absolute atomic E-state index is 12.3. The van der Waals surface area contributed by atoms with Gasteiger partial charge in [0.25, 0.3) is 0 Å². The average molecular weight is 364 g/mol. The molecule has 138 valence electrons. The van der Waals surface area contributed by atoms with E-state index in [9.17, 15) is 4.79 Å². The van der Waals surface area contributed by atoms with Gasteiger partial charge in [0.15, 0.2) is 0 Å². The number of hydrogen-bond donors (Lipinski definition) is 2. The fourth-order valence-electron chi connectivity index (χ4n) is 4.19. The Morgan fingerprint density at radius 3 is 2.56 bits per heavy atom. The van der Waals surface area contributed by atoms with Gasteiger partial charge in [0.1, 0.15) is 18.6 Å². The van der Waals surface area contributed by atoms with E-state index >= 15 is 0 Å². The molecule has 0 unspecified atom stereocenters. The topological polar surface area (TPSA) is 42.8 Å². The fraction of sp³-hybridized carbons (Fsp3) is 0.650. The van der Waals surface area contributed by atoms with E-state index in [4.69, 9.17) is 4.74 Å². The smallest absolute Gasteiger partial charge is 0.230 e. The SMILES string of the molecule is O=C(CSCc1ccccc1)NCC1([NH+]2CCOCC2)CCCCC1. The van der Waals surface area contributed by atoms with Crippen molar-refractivity contribution in [1.29, 1.82) is 0 Å². The molecule has 0 bridgehead atoms. The second-order valence-electron chi connectivity index (χ2n) is 7.31. The zero-order chi connectivity index (χ0) is 17.4. The van der Waals surface area contributed by atoms with Gasteiger partial charge >= 0.3 is 0 Å². The number of nitrogens with one attached hydrogen (secondary N) is 2. The Morgan fingerprint density at radius 1 is 1.12 bits per heavy atom. The molecule has 25 heavy (non-hydrogen) atoms. The number of thioether (sulfide) groups is 1. The Bertz CT molecular complexity index is 526. The number of amides is 1. The van der Waals surface area contributed by atoms with E-state index in [0.29, 0.717) is 5.75 Å². The summed E-state index contributed by atoms with van der Waals surface area (Å²) in [4.78, 5) is 14.0. The van der Waals surface area contributed by atoms with E-state index in [-0.39, 0.29) is 11.4 Å². The highest BCUT2D eigenvalue weighted by Crippen LogP contribution is 2.25. The number of quaternary nitrogens is 1. The Labute approximate surface area is 155 Å². The third-order valence-electron chi connectivity index (χ3n) is 5.63. The molecule has 0 radical (unpaired) electrons. The van der Waals surface area contributed by atoms with Crippen molar-refractivity contribution in [3.05, 3.63) is 35.9 Å². The molecule has 1 aromatic carbocycles. The standard InChI is InChI=1S/C20H30N2O2S/c23-19(16-25-15-18-7-3-1-4-8-18)21-17-20(9-5-2-6-10-20)22-11-13-24-14-12-22/h1,3-4,7-8H,2,5-6,9-17H2,(H,21,23)/p+1. The van der Waals surface area contributed by atoms with Gasteiger partial charge in [0, 0.05) is 18.6 Å². The Hall–Kier alpha value is -1.04. The molecule has 1 aliphatic carbocycles. The van der Waals surface area contributed by atoms with Crippen LogP contribution >= 0.6 is 11.8 Å². The number of ether oxygens (including phenoxy) is 1. The molecular formula is C20H31N2O2S+. The molecule has 1 saturated carbocycles. The van der Waals surface area contributed by atoms with Crippen LogP contribution in [0.15, 0.2) is 30.3 Å². The molecule has 1 saturated heterocycles. The lowest BCUT2D eigenvalue weighted by molar-refractivity contribution is -0.960. The van der Waals surface area contributed by atoms with Crippen LogP contribution in [0.1, 0.15) is 37.7 Å². The lowest BCUT2D eigenvalue weighted by atomic mass is 9.79. The summed E-state index contributed by atoms with van der Waals surface area (Å²) in [6.45, 7) is 4.71. The van der Waals surface area contributed by atoms with Crippen molar-refractivity contribution in [2.45, 2.75) is 43.4 Å². The van der Waals surface area contributed by atoms with Crippen LogP contribution in [0, 0.1) is 0 Å². The highest BCUT2D eigenvalue weighted by Gasteiger charge is 2.42. The first-order valence-corrected chi connectivity index (χ1v) is 10.8. The van der Waals surface area contributed by atoms with E-state index in [0.717, 1.165) is 38.6 Å². The van der Waals surface area contributed by atoms with Gasteiger partial charge in [-0.25, -0.2) is 0 Å². The van der Waals surface area contributed by atoms with E-state index < -0.39 is 0 Å². The summed E-state index contributed by atoms with van der Waals surface area (Å²) >= 11 is 1.70. The van der Waals surface area contributed by atoms with Gasteiger partial charge in [-0.1, -0.05) is 36.8 Å². The first-order valence-electron chi connectivity index (χ1n) is 9.60. The molecule has 5 heteroatoms. The van der Waals surface area contributed by atoms with E-state index in [1.54, 1.807) is 16.7 Å². The average Bonchev–Trinajstić information content (AvgIpc) is 2.69. The summed E-state index contributed by atoms with van der Waals surface area (Å²) in [5, 5.41) is 3.26. The lowest BCUT2D eigenvalue weighted by Crippen LogP contribution is -3.23. The molecule has 1 aliphatic heterocycles. The molecule has 4 nitrogen and oxygen atoms in total. The van der Waals surface area contributed by atoms with Gasteiger partial charge < -0.3 is 15.0 Å². The van der Waals surface area contributed by atoms with Gasteiger partial charge in [0.05, 0.1) is 25.5 Å². The number of carbonyl (C=O) groups is 1. The van der Waals surface area contributed by atoms with Crippen LogP contribution in [0.4, 0.5) is 0 Å². The van der Waals surface area contributed by atoms with Crippen LogP contribution in [0.5, 0.6) is 0 Å². The Balaban J connectivity index is 1.46. The Kier molecular flexibility index (Phi) is 7.20. The van der Waals surface area contributed by atoms with Crippen molar-refractivity contribution >= 4 is 17.7 Å². The zero-order valence-corrected chi connectivity index (χ0v) is 15.9. The van der Waals surface area contributed by atoms with E-state index in [2.05, 4.69) is 17.4 Å². The minimum absolute atomic E-state index is 0.179. The molecule has 1 heterocycles. The zero-order valence-electron chi connectivity index (χ0n) is 15.1. The van der Waals surface area contributed by atoms with Crippen LogP contribution in [0.2, 0.25) is 0 Å². The van der Waals surface area contributed by atoms with Crippen LogP contribution in [0.3, 0.4) is 0 Å². The largest absolute Gasteiger partial charge is 0.370 e. The predicted molar refractivity (Wildman–Crippen MR) is 103 cm³/mol. The summed E-state index contributed by atoms with van der Waals surface area (Å²) in [5.74, 6) is 1.62. The third-order valence-corrected chi connectivity index (χ3v) is 6.63. The minimum atomic E-state index is 0.179. The number of morpholine rings is 1. The molecule has 2 fully saturated rings. The third kappa shape index (κ3) is 5.47. The molecular weight excluding hydrogens is 332 g/mol. The monoisotopic (exact) mass is 363 g/mol. The van der Waals surface area contributed by atoms with Crippen molar-refractivity contribution in [3.8, 4) is 0 Å². The normalized spacial score (nSPS) is 21.0. The van der Waals surface area contributed by atoms with Crippen molar-refractivity contribution in [2.24, 2.45) is 0 Å². The predicted octanol–water partition coefficient (Wildman–Crippen LogP) is 1.65. The van der Waals surface area contributed by atoms with Gasteiger partial charge in [0.2, 0.25) is 5.91 Å². The summed E-state index contributed by atoms with van der Waals surface area (Å²) in [7, 11) is 0. The highest BCUT2D eigenvalue weighted by atomic mass is 32.2. The number of benzene rings is 1. The summed E-state index contributed by atoms with van der Waals surface area (Å²) in [6, 6.07) is 10.4. The lowest BCUT2D eigenvalue weighted by Gasteiger charge is -2.45. The van der Waals surface area contributed by atoms with Crippen molar-refractivity contribution in [3.63, 3.8) is 0 Å². The van der Waals surface area contributed by atoms with Crippen LogP contribution in [0.25, 0.3) is 0 Å². The minimum Gasteiger partial charge on any atom is -0.370 e. The maximum atomic E-state index is 12.3. The molecule has 0 aromatic heterocycles. The quantitative estimate of drug-likeness (QED) is 0.774. The molecule has 0 spiro atoms. The number of carbonyl (C=O) groups excluding carboxylic acids is 1. The first kappa shape index (κ1) is 18.7. The second-order valence-corrected chi connectivity index (χ2v) is 8.30. The molecule has 3 rings (SSSR count). The van der Waals surface area contributed by atoms with Gasteiger partial charge in [-0.15, -0.1) is 11.8 Å². The molecule has 1 aromatic rings. The summed E-state index contributed by atoms with van der Waals surface area (Å²) in [6.07, 6.45) is 6.40. The van der Waals surface area contributed by atoms with Crippen LogP contribution in [-0.4, -0.2) is 50.0 Å². The molecule has 1 amide bonds. The maximum Gasteiger partial charge on any atom is 0.230 e. The summed E-state index contributed by atoms with van der Waals surface area (Å²) < 4.78 is 5.54. The Morgan fingerprint density at radius 2 is 1.84 bits per heavy atom. The fourth-order valence-corrected chi connectivity index (χ4v) is 5.00. The van der Waals surface area contributed by atoms with E-state index in [1.807, 2.05) is 18.2 Å². The van der Waals surface area contributed by atoms with Gasteiger partial charge in [-0.05, 0) is 18.4 Å². The van der Waals surface area contributed by atoms with Crippen LogP contribution in [-0.2, 0) is 15.3 Å². The van der Waals surface area contributed by atoms with Crippen LogP contribution < -0.4 is 10.2 Å². The molecule has 0 atom stereocenters. The first-order chi connectivity index (χ1) is 12.3. The van der Waals surface area contributed by atoms with Crippen molar-refractivity contribution in [2.75, 3.05) is 38.6 Å². The number of hydrogen-bond acceptors (Lipinski definition) is 3. The second kappa shape index (κ2) is 9.60.